The highest BCUT2D eigenvalue weighted by Gasteiger charge is 2.24. The molecule has 1 aliphatic rings. The molecule has 0 unspecified atom stereocenters. The van der Waals surface area contributed by atoms with Crippen molar-refractivity contribution in [3.05, 3.63) is 90.0 Å². The second-order valence-electron chi connectivity index (χ2n) is 7.14. The standard InChI is InChI=1S/C24H19N3O3/c28-23(25-13-17-6-5-11-30-17)15-27-14-16(18-7-2-4-10-22(18)27)12-20-19-8-1-3-9-21(19)26-24(20)29/h1-12,14H,13,15H2,(H,25,28)(H,26,29)/b20-12-. The quantitative estimate of drug-likeness (QED) is 0.499. The maximum Gasteiger partial charge on any atom is 0.256 e. The van der Waals surface area contributed by atoms with E-state index >= 15 is 0 Å². The Morgan fingerprint density at radius 3 is 2.77 bits per heavy atom. The molecule has 0 radical (unpaired) electrons. The Bertz CT molecular complexity index is 1280. The van der Waals surface area contributed by atoms with Crippen LogP contribution in [0.2, 0.25) is 0 Å². The molecule has 1 aliphatic heterocycles. The molecule has 3 heterocycles. The lowest BCUT2D eigenvalue weighted by molar-refractivity contribution is -0.121. The third-order valence-electron chi connectivity index (χ3n) is 5.18. The van der Waals surface area contributed by atoms with E-state index < -0.39 is 0 Å². The van der Waals surface area contributed by atoms with E-state index in [4.69, 9.17) is 4.42 Å². The zero-order chi connectivity index (χ0) is 20.5. The predicted molar refractivity (Wildman–Crippen MR) is 115 cm³/mol. The van der Waals surface area contributed by atoms with Crippen molar-refractivity contribution < 1.29 is 14.0 Å². The van der Waals surface area contributed by atoms with Gasteiger partial charge in [-0.3, -0.25) is 9.59 Å². The minimum absolute atomic E-state index is 0.115. The highest BCUT2D eigenvalue weighted by molar-refractivity contribution is 6.35. The molecule has 0 fully saturated rings. The molecule has 30 heavy (non-hydrogen) atoms. The van der Waals surface area contributed by atoms with Crippen molar-refractivity contribution in [2.45, 2.75) is 13.1 Å². The first-order valence-electron chi connectivity index (χ1n) is 9.68. The molecule has 6 heteroatoms. The lowest BCUT2D eigenvalue weighted by Gasteiger charge is -2.06. The zero-order valence-electron chi connectivity index (χ0n) is 16.1. The molecule has 6 nitrogen and oxygen atoms in total. The summed E-state index contributed by atoms with van der Waals surface area (Å²) in [6.45, 7) is 0.520. The summed E-state index contributed by atoms with van der Waals surface area (Å²) in [5.74, 6) is 0.469. The van der Waals surface area contributed by atoms with Crippen molar-refractivity contribution in [3.8, 4) is 0 Å². The Kier molecular flexibility index (Phi) is 4.44. The Morgan fingerprint density at radius 1 is 1.07 bits per heavy atom. The van der Waals surface area contributed by atoms with Crippen molar-refractivity contribution in [2.75, 3.05) is 5.32 Å². The van der Waals surface area contributed by atoms with Gasteiger partial charge in [0.1, 0.15) is 12.3 Å². The van der Waals surface area contributed by atoms with Crippen molar-refractivity contribution in [3.63, 3.8) is 0 Å². The van der Waals surface area contributed by atoms with E-state index in [-0.39, 0.29) is 18.4 Å². The molecular weight excluding hydrogens is 378 g/mol. The molecule has 0 spiro atoms. The number of para-hydroxylation sites is 2. The summed E-state index contributed by atoms with van der Waals surface area (Å²) in [4.78, 5) is 25.0. The third kappa shape index (κ3) is 3.28. The van der Waals surface area contributed by atoms with Gasteiger partial charge in [0.15, 0.2) is 0 Å². The normalized spacial score (nSPS) is 14.1. The molecule has 0 saturated carbocycles. The highest BCUT2D eigenvalue weighted by atomic mass is 16.3. The van der Waals surface area contributed by atoms with Crippen LogP contribution in [0, 0.1) is 0 Å². The van der Waals surface area contributed by atoms with Crippen LogP contribution in [0.15, 0.2) is 77.5 Å². The van der Waals surface area contributed by atoms with E-state index in [1.54, 1.807) is 12.3 Å². The fourth-order valence-corrected chi connectivity index (χ4v) is 3.77. The van der Waals surface area contributed by atoms with Gasteiger partial charge in [-0.25, -0.2) is 0 Å². The van der Waals surface area contributed by atoms with Crippen LogP contribution in [0.1, 0.15) is 16.9 Å². The van der Waals surface area contributed by atoms with Crippen molar-refractivity contribution >= 4 is 40.1 Å². The molecule has 2 aromatic heterocycles. The summed E-state index contributed by atoms with van der Waals surface area (Å²) < 4.78 is 7.16. The van der Waals surface area contributed by atoms with Crippen molar-refractivity contribution in [2.24, 2.45) is 0 Å². The smallest absolute Gasteiger partial charge is 0.256 e. The van der Waals surface area contributed by atoms with E-state index in [1.165, 1.54) is 0 Å². The van der Waals surface area contributed by atoms with Crippen LogP contribution < -0.4 is 10.6 Å². The van der Waals surface area contributed by atoms with Gasteiger partial charge in [-0.15, -0.1) is 0 Å². The molecule has 2 amide bonds. The van der Waals surface area contributed by atoms with Gasteiger partial charge in [0.2, 0.25) is 5.91 Å². The van der Waals surface area contributed by atoms with Gasteiger partial charge in [0, 0.05) is 39.5 Å². The summed E-state index contributed by atoms with van der Waals surface area (Å²) in [5, 5.41) is 6.75. The SMILES string of the molecule is O=C(Cn1cc(/C=C2\C(=O)Nc3ccccc32)c2ccccc21)NCc1ccco1. The lowest BCUT2D eigenvalue weighted by atomic mass is 10.0. The van der Waals surface area contributed by atoms with Crippen LogP contribution in [0.5, 0.6) is 0 Å². The summed E-state index contributed by atoms with van der Waals surface area (Å²) >= 11 is 0. The number of hydrogen-bond acceptors (Lipinski definition) is 3. The van der Waals surface area contributed by atoms with Crippen LogP contribution in [0.4, 0.5) is 5.69 Å². The number of hydrogen-bond donors (Lipinski definition) is 2. The number of amides is 2. The van der Waals surface area contributed by atoms with E-state index in [2.05, 4.69) is 10.6 Å². The molecule has 0 aliphatic carbocycles. The molecule has 4 aromatic rings. The minimum atomic E-state index is -0.121. The fourth-order valence-electron chi connectivity index (χ4n) is 3.77. The molecule has 2 aromatic carbocycles. The Balaban J connectivity index is 1.46. The Labute approximate surface area is 172 Å². The average Bonchev–Trinajstić information content (AvgIpc) is 3.47. The number of furan rings is 1. The van der Waals surface area contributed by atoms with Crippen LogP contribution in [0.3, 0.4) is 0 Å². The summed E-state index contributed by atoms with van der Waals surface area (Å²) in [6, 6.07) is 19.1. The van der Waals surface area contributed by atoms with E-state index in [0.717, 1.165) is 27.7 Å². The molecule has 0 saturated heterocycles. The number of carbonyl (C=O) groups is 2. The topological polar surface area (TPSA) is 76.3 Å². The van der Waals surface area contributed by atoms with Crippen LogP contribution in [-0.4, -0.2) is 16.4 Å². The summed E-state index contributed by atoms with van der Waals surface area (Å²) in [6.07, 6.45) is 5.39. The summed E-state index contributed by atoms with van der Waals surface area (Å²) in [5.41, 5.74) is 4.15. The van der Waals surface area contributed by atoms with Crippen molar-refractivity contribution in [1.82, 2.24) is 9.88 Å². The highest BCUT2D eigenvalue weighted by Crippen LogP contribution is 2.34. The second-order valence-corrected chi connectivity index (χ2v) is 7.14. The number of fused-ring (bicyclic) bond motifs is 2. The van der Waals surface area contributed by atoms with Gasteiger partial charge in [-0.1, -0.05) is 36.4 Å². The molecule has 0 atom stereocenters. The molecule has 148 valence electrons. The third-order valence-corrected chi connectivity index (χ3v) is 5.18. The second kappa shape index (κ2) is 7.40. The van der Waals surface area contributed by atoms with Gasteiger partial charge in [-0.2, -0.15) is 0 Å². The maximum absolute atomic E-state index is 12.5. The van der Waals surface area contributed by atoms with Gasteiger partial charge < -0.3 is 19.6 Å². The molecule has 0 bridgehead atoms. The predicted octanol–water partition coefficient (Wildman–Crippen LogP) is 4.04. The first-order chi connectivity index (χ1) is 14.7. The van der Waals surface area contributed by atoms with Gasteiger partial charge in [0.05, 0.1) is 12.8 Å². The number of nitrogens with zero attached hydrogens (tertiary/aromatic N) is 1. The first kappa shape index (κ1) is 18.0. The fraction of sp³-hybridized carbons (Fsp3) is 0.0833. The number of carbonyl (C=O) groups excluding carboxylic acids is 2. The molecular formula is C24H19N3O3. The zero-order valence-corrected chi connectivity index (χ0v) is 16.1. The Morgan fingerprint density at radius 2 is 1.90 bits per heavy atom. The van der Waals surface area contributed by atoms with E-state index in [1.807, 2.05) is 71.4 Å². The number of benzene rings is 2. The van der Waals surface area contributed by atoms with Crippen LogP contribution in [-0.2, 0) is 22.7 Å². The first-order valence-corrected chi connectivity index (χ1v) is 9.68. The van der Waals surface area contributed by atoms with E-state index in [0.29, 0.717) is 17.9 Å². The van der Waals surface area contributed by atoms with E-state index in [9.17, 15) is 9.59 Å². The lowest BCUT2D eigenvalue weighted by Crippen LogP contribution is -2.26. The van der Waals surface area contributed by atoms with Crippen LogP contribution >= 0.6 is 0 Å². The van der Waals surface area contributed by atoms with Gasteiger partial charge >= 0.3 is 0 Å². The average molecular weight is 397 g/mol. The number of rotatable bonds is 5. The maximum atomic E-state index is 12.5. The summed E-state index contributed by atoms with van der Waals surface area (Å²) in [7, 11) is 0. The number of aromatic nitrogens is 1. The molecule has 5 rings (SSSR count). The number of anilines is 1. The number of nitrogens with one attached hydrogen (secondary N) is 2. The van der Waals surface area contributed by atoms with Gasteiger partial charge in [-0.05, 0) is 30.3 Å². The Hall–Kier alpha value is -4.06. The minimum Gasteiger partial charge on any atom is -0.467 e. The molecule has 2 N–H and O–H groups in total. The monoisotopic (exact) mass is 397 g/mol. The largest absolute Gasteiger partial charge is 0.467 e. The van der Waals surface area contributed by atoms with Crippen LogP contribution in [0.25, 0.3) is 22.6 Å². The van der Waals surface area contributed by atoms with Crippen molar-refractivity contribution in [1.29, 1.82) is 0 Å². The van der Waals surface area contributed by atoms with Gasteiger partial charge in [0.25, 0.3) is 5.91 Å².